The van der Waals surface area contributed by atoms with Gasteiger partial charge in [-0.3, -0.25) is 0 Å². The Morgan fingerprint density at radius 3 is 2.75 bits per heavy atom. The Morgan fingerprint density at radius 1 is 1.16 bits per heavy atom. The van der Waals surface area contributed by atoms with Gasteiger partial charge >= 0.3 is 0 Å². The van der Waals surface area contributed by atoms with Gasteiger partial charge in [0.15, 0.2) is 11.5 Å². The van der Waals surface area contributed by atoms with Crippen molar-refractivity contribution in [1.29, 1.82) is 0 Å². The van der Waals surface area contributed by atoms with Crippen LogP contribution in [0.4, 0.5) is 0 Å². The van der Waals surface area contributed by atoms with E-state index in [-0.39, 0.29) is 11.5 Å². The summed E-state index contributed by atoms with van der Waals surface area (Å²) >= 11 is 0. The van der Waals surface area contributed by atoms with Crippen LogP contribution in [0.15, 0.2) is 54.2 Å². The number of aromatic amines is 1. The number of nitrogens with one attached hydrogen (secondary N) is 1. The molecule has 5 heteroatoms. The molecule has 1 N–H and O–H groups in total. The molecular formula is C27H30N3O2. The molecule has 0 spiro atoms. The van der Waals surface area contributed by atoms with E-state index in [0.29, 0.717) is 11.5 Å². The number of aryl methyl sites for hydroxylation is 1. The summed E-state index contributed by atoms with van der Waals surface area (Å²) in [6.07, 6.45) is 11.5. The quantitative estimate of drug-likeness (QED) is 0.572. The number of ether oxygens (including phenoxy) is 2. The molecule has 5 nitrogen and oxygen atoms in total. The van der Waals surface area contributed by atoms with Crippen LogP contribution in [0.2, 0.25) is 0 Å². The maximum atomic E-state index is 5.48. The molecule has 0 bridgehead atoms. The van der Waals surface area contributed by atoms with Gasteiger partial charge in [0.2, 0.25) is 0 Å². The molecule has 2 atom stereocenters. The minimum atomic E-state index is -0.222. The summed E-state index contributed by atoms with van der Waals surface area (Å²) in [6.45, 7) is 5.42. The van der Waals surface area contributed by atoms with Crippen molar-refractivity contribution in [2.75, 3.05) is 20.8 Å². The summed E-state index contributed by atoms with van der Waals surface area (Å²) in [6, 6.07) is 12.7. The molecular weight excluding hydrogens is 398 g/mol. The van der Waals surface area contributed by atoms with Crippen molar-refractivity contribution in [2.45, 2.75) is 44.6 Å². The molecule has 2 heterocycles. The fraction of sp³-hybridized carbons (Fsp3) is 0.370. The van der Waals surface area contributed by atoms with Crippen molar-refractivity contribution in [2.24, 2.45) is 0 Å². The molecule has 0 amide bonds. The number of hydrogen-bond acceptors (Lipinski definition) is 4. The highest BCUT2D eigenvalue weighted by atomic mass is 16.5. The summed E-state index contributed by atoms with van der Waals surface area (Å²) in [4.78, 5) is 11.0. The third kappa shape index (κ3) is 3.46. The summed E-state index contributed by atoms with van der Waals surface area (Å²) in [5.41, 5.74) is 5.41. The van der Waals surface area contributed by atoms with Gasteiger partial charge in [-0.1, -0.05) is 35.9 Å². The fourth-order valence-corrected chi connectivity index (χ4v) is 5.06. The zero-order valence-electron chi connectivity index (χ0n) is 19.2. The number of H-pyrrole nitrogens is 1. The van der Waals surface area contributed by atoms with E-state index < -0.39 is 0 Å². The molecule has 1 aromatic heterocycles. The predicted molar refractivity (Wildman–Crippen MR) is 127 cm³/mol. The second kappa shape index (κ2) is 8.05. The number of methoxy groups -OCH3 is 2. The monoisotopic (exact) mass is 428 g/mol. The van der Waals surface area contributed by atoms with Gasteiger partial charge < -0.3 is 19.4 Å². The van der Waals surface area contributed by atoms with E-state index in [1.807, 2.05) is 12.1 Å². The van der Waals surface area contributed by atoms with Gasteiger partial charge in [0, 0.05) is 30.3 Å². The van der Waals surface area contributed by atoms with Crippen LogP contribution >= 0.6 is 0 Å². The van der Waals surface area contributed by atoms with Crippen LogP contribution in [0.25, 0.3) is 11.0 Å². The van der Waals surface area contributed by atoms with E-state index in [4.69, 9.17) is 14.5 Å². The number of benzene rings is 2. The lowest BCUT2D eigenvalue weighted by Gasteiger charge is -2.37. The second-order valence-corrected chi connectivity index (χ2v) is 8.97. The van der Waals surface area contributed by atoms with Gasteiger partial charge in [-0.15, -0.1) is 0 Å². The molecule has 3 aromatic rings. The Labute approximate surface area is 189 Å². The van der Waals surface area contributed by atoms with Crippen molar-refractivity contribution in [3.05, 3.63) is 77.3 Å². The smallest absolute Gasteiger partial charge is 0.163 e. The first-order valence-electron chi connectivity index (χ1n) is 11.3. The van der Waals surface area contributed by atoms with Crippen molar-refractivity contribution in [3.63, 3.8) is 0 Å². The van der Waals surface area contributed by atoms with Gasteiger partial charge in [-0.2, -0.15) is 0 Å². The molecule has 1 aliphatic carbocycles. The molecule has 0 saturated carbocycles. The molecule has 1 aliphatic heterocycles. The van der Waals surface area contributed by atoms with E-state index in [9.17, 15) is 0 Å². The Hall–Kier alpha value is -3.21. The Morgan fingerprint density at radius 2 is 1.97 bits per heavy atom. The molecule has 32 heavy (non-hydrogen) atoms. The highest BCUT2D eigenvalue weighted by molar-refractivity contribution is 5.80. The molecule has 1 unspecified atom stereocenters. The van der Waals surface area contributed by atoms with E-state index in [2.05, 4.69) is 66.2 Å². The lowest BCUT2D eigenvalue weighted by atomic mass is 9.89. The van der Waals surface area contributed by atoms with Crippen LogP contribution < -0.4 is 9.47 Å². The van der Waals surface area contributed by atoms with E-state index in [1.165, 1.54) is 16.8 Å². The summed E-state index contributed by atoms with van der Waals surface area (Å²) in [5.74, 6) is 2.65. The SMILES string of the molecule is COc1cc2nc([C@]3(C)CCCN3C3=[C]C(c4cccc(C)c4)CC=C3)[nH]c2cc1OC. The largest absolute Gasteiger partial charge is 0.493 e. The maximum Gasteiger partial charge on any atom is 0.163 e. The van der Waals surface area contributed by atoms with Crippen molar-refractivity contribution < 1.29 is 9.47 Å². The van der Waals surface area contributed by atoms with Gasteiger partial charge in [0.25, 0.3) is 0 Å². The lowest BCUT2D eigenvalue weighted by Crippen LogP contribution is -2.39. The molecule has 2 aromatic carbocycles. The van der Waals surface area contributed by atoms with Crippen LogP contribution in [0.1, 0.15) is 49.1 Å². The third-order valence-electron chi connectivity index (χ3n) is 6.84. The number of likely N-dealkylation sites (tertiary alicyclic amines) is 1. The van der Waals surface area contributed by atoms with Crippen LogP contribution in [-0.4, -0.2) is 35.6 Å². The van der Waals surface area contributed by atoms with Crippen LogP contribution in [0.5, 0.6) is 11.5 Å². The summed E-state index contributed by atoms with van der Waals surface area (Å²) in [5, 5.41) is 0. The fourth-order valence-electron chi connectivity index (χ4n) is 5.06. The minimum absolute atomic E-state index is 0.222. The lowest BCUT2D eigenvalue weighted by molar-refractivity contribution is 0.199. The molecule has 1 fully saturated rings. The van der Waals surface area contributed by atoms with Crippen LogP contribution in [0, 0.1) is 13.0 Å². The van der Waals surface area contributed by atoms with Crippen molar-refractivity contribution >= 4 is 11.0 Å². The number of allylic oxidation sites excluding steroid dienone is 3. The minimum Gasteiger partial charge on any atom is -0.493 e. The van der Waals surface area contributed by atoms with Crippen LogP contribution in [0.3, 0.4) is 0 Å². The van der Waals surface area contributed by atoms with E-state index in [1.54, 1.807) is 14.2 Å². The standard InChI is InChI=1S/C27H30N3O2/c1-18-8-5-9-19(14-18)20-10-6-11-21(15-20)30-13-7-12-27(30,2)26-28-22-16-24(31-3)25(32-4)17-23(22)29-26/h5-6,8-9,11,14,16-17,20H,7,10,12-13H2,1-4H3,(H,28,29)/t20?,27-/m0/s1. The number of aromatic nitrogens is 2. The molecule has 1 saturated heterocycles. The number of rotatable bonds is 5. The predicted octanol–water partition coefficient (Wildman–Crippen LogP) is 5.63. The number of hydrogen-bond donors (Lipinski definition) is 1. The number of imidazole rings is 1. The van der Waals surface area contributed by atoms with Crippen molar-refractivity contribution in [1.82, 2.24) is 14.9 Å². The van der Waals surface area contributed by atoms with Gasteiger partial charge in [0.1, 0.15) is 5.82 Å². The zero-order chi connectivity index (χ0) is 22.3. The Bertz CT molecular complexity index is 1170. The van der Waals surface area contributed by atoms with Crippen molar-refractivity contribution in [3.8, 4) is 11.5 Å². The first-order valence-corrected chi connectivity index (χ1v) is 11.3. The molecule has 165 valence electrons. The molecule has 1 radical (unpaired) electrons. The topological polar surface area (TPSA) is 50.4 Å². The first kappa shape index (κ1) is 20.7. The number of nitrogens with zero attached hydrogens (tertiary/aromatic N) is 2. The molecule has 5 rings (SSSR count). The highest BCUT2D eigenvalue weighted by Crippen LogP contribution is 2.43. The zero-order valence-corrected chi connectivity index (χ0v) is 19.2. The highest BCUT2D eigenvalue weighted by Gasteiger charge is 2.42. The average Bonchev–Trinajstić information content (AvgIpc) is 3.42. The second-order valence-electron chi connectivity index (χ2n) is 8.97. The normalized spacial score (nSPS) is 22.9. The maximum absolute atomic E-state index is 5.48. The first-order chi connectivity index (χ1) is 15.5. The Balaban J connectivity index is 1.51. The molecule has 2 aliphatic rings. The number of fused-ring (bicyclic) bond motifs is 1. The van der Waals surface area contributed by atoms with Gasteiger partial charge in [-0.25, -0.2) is 4.98 Å². The van der Waals surface area contributed by atoms with E-state index >= 15 is 0 Å². The van der Waals surface area contributed by atoms with Crippen LogP contribution in [-0.2, 0) is 5.54 Å². The third-order valence-corrected chi connectivity index (χ3v) is 6.84. The average molecular weight is 429 g/mol. The van der Waals surface area contributed by atoms with Gasteiger partial charge in [0.05, 0.1) is 30.8 Å². The summed E-state index contributed by atoms with van der Waals surface area (Å²) < 4.78 is 10.9. The Kier molecular flexibility index (Phi) is 5.20. The van der Waals surface area contributed by atoms with Gasteiger partial charge in [-0.05, 0) is 50.8 Å². The summed E-state index contributed by atoms with van der Waals surface area (Å²) in [7, 11) is 3.31. The van der Waals surface area contributed by atoms with E-state index in [0.717, 1.165) is 42.7 Å².